The molecular formula is C23H34N4O2. The van der Waals surface area contributed by atoms with Gasteiger partial charge in [0.2, 0.25) is 0 Å². The zero-order valence-corrected chi connectivity index (χ0v) is 17.8. The molecule has 158 valence electrons. The molecule has 2 aromatic rings. The number of ether oxygens (including phenoxy) is 1. The molecule has 29 heavy (non-hydrogen) atoms. The van der Waals surface area contributed by atoms with Gasteiger partial charge < -0.3 is 14.6 Å². The second-order valence-electron chi connectivity index (χ2n) is 8.42. The number of H-pyrrole nitrogens is 1. The number of carbonyl (C=O) groups excluding carboxylic acids is 1. The van der Waals surface area contributed by atoms with Gasteiger partial charge >= 0.3 is 0 Å². The van der Waals surface area contributed by atoms with Gasteiger partial charge in [-0.05, 0) is 44.0 Å². The van der Waals surface area contributed by atoms with Crippen LogP contribution in [0.3, 0.4) is 0 Å². The lowest BCUT2D eigenvalue weighted by Gasteiger charge is -2.26. The third kappa shape index (κ3) is 4.82. The first-order chi connectivity index (χ1) is 14.1. The predicted octanol–water partition coefficient (Wildman–Crippen LogP) is 2.95. The number of hydrogen-bond donors (Lipinski definition) is 1. The van der Waals surface area contributed by atoms with Gasteiger partial charge in [-0.1, -0.05) is 6.92 Å². The van der Waals surface area contributed by atoms with Crippen molar-refractivity contribution >= 4 is 16.8 Å². The molecule has 6 nitrogen and oxygen atoms in total. The molecule has 4 rings (SSSR count). The number of carbonyl (C=O) groups is 1. The predicted molar refractivity (Wildman–Crippen MR) is 116 cm³/mol. The number of rotatable bonds is 5. The van der Waals surface area contributed by atoms with Crippen molar-refractivity contribution in [2.75, 3.05) is 52.5 Å². The topological polar surface area (TPSA) is 51.8 Å². The van der Waals surface area contributed by atoms with Gasteiger partial charge in [0.25, 0.3) is 5.91 Å². The molecule has 6 heteroatoms. The van der Waals surface area contributed by atoms with E-state index in [0.29, 0.717) is 6.04 Å². The van der Waals surface area contributed by atoms with Gasteiger partial charge in [0.15, 0.2) is 0 Å². The summed E-state index contributed by atoms with van der Waals surface area (Å²) in [6, 6.07) is 8.85. The van der Waals surface area contributed by atoms with Crippen LogP contribution < -0.4 is 0 Å². The van der Waals surface area contributed by atoms with Crippen molar-refractivity contribution in [2.24, 2.45) is 0 Å². The van der Waals surface area contributed by atoms with Crippen LogP contribution in [0.5, 0.6) is 0 Å². The van der Waals surface area contributed by atoms with Crippen LogP contribution in [-0.4, -0.2) is 84.1 Å². The van der Waals surface area contributed by atoms with Crippen molar-refractivity contribution in [1.82, 2.24) is 19.7 Å². The maximum Gasteiger partial charge on any atom is 0.253 e. The van der Waals surface area contributed by atoms with Gasteiger partial charge in [-0.15, -0.1) is 0 Å². The van der Waals surface area contributed by atoms with E-state index >= 15 is 0 Å². The lowest BCUT2D eigenvalue weighted by molar-refractivity contribution is 0.0337. The number of amides is 1. The number of fused-ring (bicyclic) bond motifs is 1. The highest BCUT2D eigenvalue weighted by Crippen LogP contribution is 2.20. The highest BCUT2D eigenvalue weighted by atomic mass is 16.5. The number of morpholine rings is 1. The van der Waals surface area contributed by atoms with E-state index in [-0.39, 0.29) is 5.91 Å². The fourth-order valence-corrected chi connectivity index (χ4v) is 4.43. The standard InChI is InChI=1S/C23H34N4O2/c1-3-18(2)26-7-4-8-27(10-9-26)23(28)19-5-6-22-20(15-19)16-21(24-22)17-25-11-13-29-14-12-25/h5-6,15-16,18,24H,3-4,7-14,17H2,1-2H3. The van der Waals surface area contributed by atoms with Crippen LogP contribution in [0.25, 0.3) is 10.9 Å². The first kappa shape index (κ1) is 20.4. The number of hydrogen-bond acceptors (Lipinski definition) is 4. The first-order valence-corrected chi connectivity index (χ1v) is 11.1. The molecule has 1 atom stereocenters. The van der Waals surface area contributed by atoms with E-state index in [1.54, 1.807) is 0 Å². The average Bonchev–Trinajstić information content (AvgIpc) is 2.98. The molecule has 0 bridgehead atoms. The van der Waals surface area contributed by atoms with Crippen LogP contribution in [-0.2, 0) is 11.3 Å². The number of aromatic nitrogens is 1. The number of aromatic amines is 1. The molecule has 0 aliphatic carbocycles. The van der Waals surface area contributed by atoms with E-state index in [9.17, 15) is 4.79 Å². The quantitative estimate of drug-likeness (QED) is 0.841. The maximum absolute atomic E-state index is 13.1. The van der Waals surface area contributed by atoms with Crippen LogP contribution in [0.4, 0.5) is 0 Å². The van der Waals surface area contributed by atoms with Crippen molar-refractivity contribution in [1.29, 1.82) is 0 Å². The summed E-state index contributed by atoms with van der Waals surface area (Å²) in [6.45, 7) is 12.7. The highest BCUT2D eigenvalue weighted by molar-refractivity contribution is 5.98. The summed E-state index contributed by atoms with van der Waals surface area (Å²) in [5.74, 6) is 0.161. The molecule has 1 unspecified atom stereocenters. The Morgan fingerprint density at radius 3 is 2.72 bits per heavy atom. The summed E-state index contributed by atoms with van der Waals surface area (Å²) in [4.78, 5) is 23.6. The number of nitrogens with zero attached hydrogens (tertiary/aromatic N) is 3. The summed E-state index contributed by atoms with van der Waals surface area (Å²) in [5.41, 5.74) is 3.10. The van der Waals surface area contributed by atoms with Gasteiger partial charge in [-0.25, -0.2) is 0 Å². The third-order valence-electron chi connectivity index (χ3n) is 6.45. The van der Waals surface area contributed by atoms with Gasteiger partial charge in [0, 0.05) is 74.0 Å². The van der Waals surface area contributed by atoms with Crippen molar-refractivity contribution in [3.63, 3.8) is 0 Å². The lowest BCUT2D eigenvalue weighted by Crippen LogP contribution is -2.38. The summed E-state index contributed by atoms with van der Waals surface area (Å²) in [6.07, 6.45) is 2.21. The Kier molecular flexibility index (Phi) is 6.53. The van der Waals surface area contributed by atoms with E-state index in [1.165, 1.54) is 5.69 Å². The summed E-state index contributed by atoms with van der Waals surface area (Å²) < 4.78 is 5.43. The molecule has 1 aromatic heterocycles. The number of benzene rings is 1. The zero-order valence-electron chi connectivity index (χ0n) is 17.8. The largest absolute Gasteiger partial charge is 0.379 e. The minimum atomic E-state index is 0.161. The fraction of sp³-hybridized carbons (Fsp3) is 0.609. The van der Waals surface area contributed by atoms with E-state index < -0.39 is 0 Å². The molecule has 0 spiro atoms. The van der Waals surface area contributed by atoms with E-state index in [4.69, 9.17) is 4.74 Å². The molecule has 3 heterocycles. The number of nitrogens with one attached hydrogen (secondary N) is 1. The van der Waals surface area contributed by atoms with Crippen molar-refractivity contribution in [3.8, 4) is 0 Å². The Morgan fingerprint density at radius 2 is 1.93 bits per heavy atom. The average molecular weight is 399 g/mol. The summed E-state index contributed by atoms with van der Waals surface area (Å²) >= 11 is 0. The summed E-state index contributed by atoms with van der Waals surface area (Å²) in [7, 11) is 0. The van der Waals surface area contributed by atoms with Gasteiger partial charge in [0.05, 0.1) is 13.2 Å². The third-order valence-corrected chi connectivity index (χ3v) is 6.45. The molecule has 2 aliphatic rings. The SMILES string of the molecule is CCC(C)N1CCCN(C(=O)c2ccc3[nH]c(CN4CCOCC4)cc3c2)CC1. The van der Waals surface area contributed by atoms with Crippen LogP contribution in [0.1, 0.15) is 42.7 Å². The molecule has 0 radical (unpaired) electrons. The Labute approximate surface area is 173 Å². The molecule has 1 N–H and O–H groups in total. The minimum Gasteiger partial charge on any atom is -0.379 e. The van der Waals surface area contributed by atoms with Gasteiger partial charge in [-0.2, -0.15) is 0 Å². The molecule has 2 saturated heterocycles. The van der Waals surface area contributed by atoms with Crippen molar-refractivity contribution < 1.29 is 9.53 Å². The normalized spacial score (nSPS) is 20.7. The fourth-order valence-electron chi connectivity index (χ4n) is 4.43. The molecule has 1 amide bonds. The Balaban J connectivity index is 1.43. The van der Waals surface area contributed by atoms with Gasteiger partial charge in [0.1, 0.15) is 0 Å². The molecule has 2 fully saturated rings. The Morgan fingerprint density at radius 1 is 1.10 bits per heavy atom. The second kappa shape index (κ2) is 9.28. The molecule has 0 saturated carbocycles. The highest BCUT2D eigenvalue weighted by Gasteiger charge is 2.22. The maximum atomic E-state index is 13.1. The Hall–Kier alpha value is -1.89. The van der Waals surface area contributed by atoms with E-state index in [1.807, 2.05) is 17.0 Å². The van der Waals surface area contributed by atoms with Crippen molar-refractivity contribution in [2.45, 2.75) is 39.3 Å². The van der Waals surface area contributed by atoms with Crippen LogP contribution >= 0.6 is 0 Å². The van der Waals surface area contributed by atoms with Gasteiger partial charge in [-0.3, -0.25) is 14.6 Å². The van der Waals surface area contributed by atoms with Crippen LogP contribution in [0.2, 0.25) is 0 Å². The molecular weight excluding hydrogens is 364 g/mol. The minimum absolute atomic E-state index is 0.161. The summed E-state index contributed by atoms with van der Waals surface area (Å²) in [5, 5.41) is 1.12. The van der Waals surface area contributed by atoms with Crippen LogP contribution in [0, 0.1) is 0 Å². The van der Waals surface area contributed by atoms with E-state index in [2.05, 4.69) is 40.8 Å². The van der Waals surface area contributed by atoms with Crippen molar-refractivity contribution in [3.05, 3.63) is 35.5 Å². The molecule has 1 aromatic carbocycles. The Bertz CT molecular complexity index is 827. The van der Waals surface area contributed by atoms with E-state index in [0.717, 1.165) is 88.3 Å². The zero-order chi connectivity index (χ0) is 20.2. The lowest BCUT2D eigenvalue weighted by atomic mass is 10.1. The molecule has 2 aliphatic heterocycles. The first-order valence-electron chi connectivity index (χ1n) is 11.1. The smallest absolute Gasteiger partial charge is 0.253 e. The van der Waals surface area contributed by atoms with Crippen LogP contribution in [0.15, 0.2) is 24.3 Å². The monoisotopic (exact) mass is 398 g/mol. The second-order valence-corrected chi connectivity index (χ2v) is 8.42.